The quantitative estimate of drug-likeness (QED) is 0.882. The number of hydrogen-bond donors (Lipinski definition) is 1. The zero-order valence-corrected chi connectivity index (χ0v) is 10.2. The Morgan fingerprint density at radius 3 is 2.53 bits per heavy atom. The standard InChI is InChI=1S/C11H13N3O2S/c1-17(15,16)8-9-7-11(12)14(13-9)10-5-3-2-4-6-10/h2-7H,8,12H2,1H3. The maximum Gasteiger partial charge on any atom is 0.153 e. The van der Waals surface area contributed by atoms with Crippen molar-refractivity contribution in [3.8, 4) is 5.69 Å². The molecule has 0 unspecified atom stereocenters. The molecule has 2 rings (SSSR count). The van der Waals surface area contributed by atoms with Crippen LogP contribution in [-0.2, 0) is 15.6 Å². The lowest BCUT2D eigenvalue weighted by molar-refractivity contribution is 0.600. The van der Waals surface area contributed by atoms with Crippen molar-refractivity contribution in [2.75, 3.05) is 12.0 Å². The summed E-state index contributed by atoms with van der Waals surface area (Å²) in [6.45, 7) is 0. The first-order valence-corrected chi connectivity index (χ1v) is 7.09. The Labute approximate surface area is 99.8 Å². The van der Waals surface area contributed by atoms with Crippen LogP contribution in [0.15, 0.2) is 36.4 Å². The zero-order chi connectivity index (χ0) is 12.5. The average Bonchev–Trinajstić information content (AvgIpc) is 2.58. The molecule has 1 aromatic heterocycles. The molecular weight excluding hydrogens is 238 g/mol. The fraction of sp³-hybridized carbons (Fsp3) is 0.182. The number of rotatable bonds is 3. The summed E-state index contributed by atoms with van der Waals surface area (Å²) in [4.78, 5) is 0. The normalized spacial score (nSPS) is 11.6. The molecule has 1 aromatic carbocycles. The molecule has 6 heteroatoms. The number of aromatic nitrogens is 2. The van der Waals surface area contributed by atoms with E-state index in [1.807, 2.05) is 30.3 Å². The number of sulfone groups is 1. The summed E-state index contributed by atoms with van der Waals surface area (Å²) in [5, 5.41) is 4.18. The van der Waals surface area contributed by atoms with Crippen LogP contribution in [0, 0.1) is 0 Å². The third-order valence-corrected chi connectivity index (χ3v) is 3.02. The second-order valence-corrected chi connectivity index (χ2v) is 6.02. The molecule has 0 saturated carbocycles. The zero-order valence-electron chi connectivity index (χ0n) is 9.37. The van der Waals surface area contributed by atoms with E-state index in [-0.39, 0.29) is 5.75 Å². The van der Waals surface area contributed by atoms with Crippen LogP contribution in [-0.4, -0.2) is 24.5 Å². The molecule has 2 aromatic rings. The van der Waals surface area contributed by atoms with Crippen molar-refractivity contribution < 1.29 is 8.42 Å². The van der Waals surface area contributed by atoms with Crippen LogP contribution in [0.4, 0.5) is 5.82 Å². The third kappa shape index (κ3) is 2.85. The molecule has 90 valence electrons. The van der Waals surface area contributed by atoms with Crippen LogP contribution in [0.5, 0.6) is 0 Å². The van der Waals surface area contributed by atoms with E-state index in [9.17, 15) is 8.42 Å². The number of nitrogens with zero attached hydrogens (tertiary/aromatic N) is 2. The van der Waals surface area contributed by atoms with Crippen molar-refractivity contribution in [1.29, 1.82) is 0 Å². The first-order valence-electron chi connectivity index (χ1n) is 5.03. The average molecular weight is 251 g/mol. The smallest absolute Gasteiger partial charge is 0.153 e. The molecule has 0 radical (unpaired) electrons. The van der Waals surface area contributed by atoms with Crippen molar-refractivity contribution in [1.82, 2.24) is 9.78 Å². The fourth-order valence-corrected chi connectivity index (χ4v) is 2.24. The highest BCUT2D eigenvalue weighted by molar-refractivity contribution is 7.89. The van der Waals surface area contributed by atoms with Gasteiger partial charge in [0.2, 0.25) is 0 Å². The first-order chi connectivity index (χ1) is 7.96. The number of hydrogen-bond acceptors (Lipinski definition) is 4. The van der Waals surface area contributed by atoms with Gasteiger partial charge in [0.05, 0.1) is 17.1 Å². The van der Waals surface area contributed by atoms with Gasteiger partial charge in [-0.05, 0) is 12.1 Å². The van der Waals surface area contributed by atoms with E-state index in [4.69, 9.17) is 5.73 Å². The van der Waals surface area contributed by atoms with Crippen LogP contribution < -0.4 is 5.73 Å². The number of benzene rings is 1. The van der Waals surface area contributed by atoms with Gasteiger partial charge in [0.25, 0.3) is 0 Å². The molecule has 17 heavy (non-hydrogen) atoms. The monoisotopic (exact) mass is 251 g/mol. The van der Waals surface area contributed by atoms with Gasteiger partial charge in [-0.15, -0.1) is 0 Å². The van der Waals surface area contributed by atoms with Gasteiger partial charge in [-0.25, -0.2) is 13.1 Å². The van der Waals surface area contributed by atoms with Crippen LogP contribution in [0.2, 0.25) is 0 Å². The highest BCUT2D eigenvalue weighted by atomic mass is 32.2. The highest BCUT2D eigenvalue weighted by Crippen LogP contribution is 2.15. The van der Waals surface area contributed by atoms with E-state index in [1.165, 1.54) is 10.9 Å². The molecule has 0 aliphatic rings. The van der Waals surface area contributed by atoms with Crippen LogP contribution in [0.1, 0.15) is 5.69 Å². The molecule has 0 amide bonds. The molecular formula is C11H13N3O2S. The number of nitrogen functional groups attached to an aromatic ring is 1. The summed E-state index contributed by atoms with van der Waals surface area (Å²) >= 11 is 0. The summed E-state index contributed by atoms with van der Waals surface area (Å²) in [5.74, 6) is 0.326. The molecule has 0 aliphatic carbocycles. The van der Waals surface area contributed by atoms with Gasteiger partial charge in [0.15, 0.2) is 9.84 Å². The SMILES string of the molecule is CS(=O)(=O)Cc1cc(N)n(-c2ccccc2)n1. The Morgan fingerprint density at radius 2 is 1.94 bits per heavy atom. The summed E-state index contributed by atoms with van der Waals surface area (Å²) in [6.07, 6.45) is 1.17. The molecule has 5 nitrogen and oxygen atoms in total. The van der Waals surface area contributed by atoms with Crippen LogP contribution >= 0.6 is 0 Å². The van der Waals surface area contributed by atoms with Gasteiger partial charge < -0.3 is 5.73 Å². The molecule has 0 saturated heterocycles. The minimum Gasteiger partial charge on any atom is -0.384 e. The maximum atomic E-state index is 11.2. The summed E-state index contributed by atoms with van der Waals surface area (Å²) in [5.41, 5.74) is 7.06. The van der Waals surface area contributed by atoms with Gasteiger partial charge in [0.1, 0.15) is 5.82 Å². The van der Waals surface area contributed by atoms with E-state index < -0.39 is 9.84 Å². The van der Waals surface area contributed by atoms with Gasteiger partial charge in [-0.1, -0.05) is 18.2 Å². The second kappa shape index (κ2) is 4.21. The fourth-order valence-electron chi connectivity index (χ4n) is 1.56. The van der Waals surface area contributed by atoms with Crippen molar-refractivity contribution in [2.45, 2.75) is 5.75 Å². The Morgan fingerprint density at radius 1 is 1.29 bits per heavy atom. The number of anilines is 1. The number of nitrogens with two attached hydrogens (primary N) is 1. The molecule has 0 bridgehead atoms. The van der Waals surface area contributed by atoms with E-state index >= 15 is 0 Å². The molecule has 0 aliphatic heterocycles. The van der Waals surface area contributed by atoms with E-state index in [0.29, 0.717) is 11.5 Å². The molecule has 0 atom stereocenters. The van der Waals surface area contributed by atoms with Crippen molar-refractivity contribution in [2.24, 2.45) is 0 Å². The Kier molecular flexibility index (Phi) is 2.89. The minimum absolute atomic E-state index is 0.100. The summed E-state index contributed by atoms with van der Waals surface area (Å²) in [7, 11) is -3.09. The van der Waals surface area contributed by atoms with Gasteiger partial charge in [-0.3, -0.25) is 0 Å². The predicted molar refractivity (Wildman–Crippen MR) is 66.5 cm³/mol. The molecule has 2 N–H and O–H groups in total. The lowest BCUT2D eigenvalue weighted by Gasteiger charge is -2.02. The Hall–Kier alpha value is -1.82. The lowest BCUT2D eigenvalue weighted by Crippen LogP contribution is -2.04. The largest absolute Gasteiger partial charge is 0.384 e. The van der Waals surface area contributed by atoms with Crippen molar-refractivity contribution in [3.05, 3.63) is 42.1 Å². The van der Waals surface area contributed by atoms with Crippen LogP contribution in [0.3, 0.4) is 0 Å². The van der Waals surface area contributed by atoms with Gasteiger partial charge in [0, 0.05) is 12.3 Å². The first kappa shape index (κ1) is 11.7. The van der Waals surface area contributed by atoms with Gasteiger partial charge >= 0.3 is 0 Å². The van der Waals surface area contributed by atoms with Crippen molar-refractivity contribution in [3.63, 3.8) is 0 Å². The predicted octanol–water partition coefficient (Wildman–Crippen LogP) is 0.999. The van der Waals surface area contributed by atoms with Crippen molar-refractivity contribution >= 4 is 15.7 Å². The molecule has 0 spiro atoms. The van der Waals surface area contributed by atoms with E-state index in [1.54, 1.807) is 6.07 Å². The Bertz CT molecular complexity index is 617. The molecule has 1 heterocycles. The second-order valence-electron chi connectivity index (χ2n) is 3.88. The minimum atomic E-state index is -3.09. The van der Waals surface area contributed by atoms with Crippen LogP contribution in [0.25, 0.3) is 5.69 Å². The van der Waals surface area contributed by atoms with E-state index in [2.05, 4.69) is 5.10 Å². The Balaban J connectivity index is 2.38. The highest BCUT2D eigenvalue weighted by Gasteiger charge is 2.11. The lowest BCUT2D eigenvalue weighted by atomic mass is 10.3. The van der Waals surface area contributed by atoms with Gasteiger partial charge in [-0.2, -0.15) is 5.10 Å². The van der Waals surface area contributed by atoms with E-state index in [0.717, 1.165) is 5.69 Å². The third-order valence-electron chi connectivity index (χ3n) is 2.20. The topological polar surface area (TPSA) is 78.0 Å². The summed E-state index contributed by atoms with van der Waals surface area (Å²) in [6, 6.07) is 10.9. The maximum absolute atomic E-state index is 11.2. The number of para-hydroxylation sites is 1. The summed E-state index contributed by atoms with van der Waals surface area (Å²) < 4.78 is 23.9. The molecule has 0 fully saturated rings.